The number of ether oxygens (including phenoxy) is 2. The summed E-state index contributed by atoms with van der Waals surface area (Å²) in [5.74, 6) is 0. The molecule has 0 bridgehead atoms. The van der Waals surface area contributed by atoms with Gasteiger partial charge in [0.05, 0.1) is 0 Å². The third kappa shape index (κ3) is 18.1. The second kappa shape index (κ2) is 21.6. The molecule has 0 rings (SSSR count). The Labute approximate surface area is 187 Å². The van der Waals surface area contributed by atoms with Crippen LogP contribution in [0.1, 0.15) is 117 Å². The molecule has 0 aliphatic rings. The molecule has 3 unspecified atom stereocenters. The summed E-state index contributed by atoms with van der Waals surface area (Å²) in [4.78, 5) is 11.7. The summed E-state index contributed by atoms with van der Waals surface area (Å²) in [6, 6.07) is 0. The van der Waals surface area contributed by atoms with E-state index in [1.165, 1.54) is 97.0 Å². The van der Waals surface area contributed by atoms with E-state index in [0.717, 1.165) is 12.8 Å². The van der Waals surface area contributed by atoms with Crippen LogP contribution >= 0.6 is 0 Å². The van der Waals surface area contributed by atoms with Gasteiger partial charge in [-0.3, -0.25) is 0 Å². The van der Waals surface area contributed by atoms with Crippen molar-refractivity contribution in [2.45, 2.75) is 128 Å². The minimum atomic E-state index is -2.28. The molecule has 0 spiro atoms. The average molecular weight is 450 g/mol. The number of carbonyl (C=O) groups excluding carboxylic acids is 1. The molecule has 6 nitrogen and oxygen atoms in total. The zero-order valence-electron chi connectivity index (χ0n) is 19.7. The summed E-state index contributed by atoms with van der Waals surface area (Å²) < 4.78 is 30.3. The number of hydrogen-bond donors (Lipinski definition) is 2. The number of alkyl carbamates (subject to hydrolysis) is 1. The fourth-order valence-electron chi connectivity index (χ4n) is 3.42. The summed E-state index contributed by atoms with van der Waals surface area (Å²) in [7, 11) is 1.41. The zero-order valence-corrected chi connectivity index (χ0v) is 20.5. The van der Waals surface area contributed by atoms with Gasteiger partial charge in [0.15, 0.2) is 11.1 Å². The van der Waals surface area contributed by atoms with Crippen LogP contribution < -0.4 is 5.32 Å². The lowest BCUT2D eigenvalue weighted by Gasteiger charge is -2.19. The van der Waals surface area contributed by atoms with Crippen LogP contribution in [-0.4, -0.2) is 40.0 Å². The molecule has 0 aliphatic carbocycles. The van der Waals surface area contributed by atoms with Crippen LogP contribution in [0.25, 0.3) is 0 Å². The Balaban J connectivity index is 3.38. The number of methoxy groups -OCH3 is 1. The summed E-state index contributed by atoms with van der Waals surface area (Å²) in [5, 5.41) is 2.63. The molecule has 0 radical (unpaired) electrons. The highest BCUT2D eigenvalue weighted by molar-refractivity contribution is 7.79. The molecule has 0 fully saturated rings. The quantitative estimate of drug-likeness (QED) is 0.153. The lowest BCUT2D eigenvalue weighted by molar-refractivity contribution is 0.0243. The van der Waals surface area contributed by atoms with Gasteiger partial charge in [-0.1, -0.05) is 103 Å². The van der Waals surface area contributed by atoms with E-state index in [1.807, 2.05) is 0 Å². The highest BCUT2D eigenvalue weighted by Crippen LogP contribution is 2.13. The van der Waals surface area contributed by atoms with Gasteiger partial charge in [0, 0.05) is 13.7 Å². The first-order valence-electron chi connectivity index (χ1n) is 12.1. The molecule has 0 saturated carbocycles. The molecule has 0 aromatic heterocycles. The van der Waals surface area contributed by atoms with Crippen LogP contribution in [0, 0.1) is 0 Å². The highest BCUT2D eigenvalue weighted by Gasteiger charge is 2.26. The summed E-state index contributed by atoms with van der Waals surface area (Å²) in [5.41, 5.74) is -1.18. The van der Waals surface area contributed by atoms with Crippen LogP contribution in [0.2, 0.25) is 0 Å². The van der Waals surface area contributed by atoms with Gasteiger partial charge in [-0.05, 0) is 13.3 Å². The first-order valence-corrected chi connectivity index (χ1v) is 13.3. The maximum absolute atomic E-state index is 11.7. The Bertz CT molecular complexity index is 422. The molecular weight excluding hydrogens is 402 g/mol. The molecule has 1 amide bonds. The molecule has 0 aromatic rings. The predicted molar refractivity (Wildman–Crippen MR) is 125 cm³/mol. The van der Waals surface area contributed by atoms with Gasteiger partial charge in [-0.15, -0.1) is 0 Å². The Morgan fingerprint density at radius 2 is 1.23 bits per heavy atom. The maximum atomic E-state index is 11.7. The van der Waals surface area contributed by atoms with Gasteiger partial charge in [0.2, 0.25) is 5.44 Å². The number of unbranched alkanes of at least 4 members (excludes halogenated alkanes) is 15. The Morgan fingerprint density at radius 1 is 0.833 bits per heavy atom. The molecule has 2 N–H and O–H groups in total. The van der Waals surface area contributed by atoms with Gasteiger partial charge in [-0.25, -0.2) is 9.00 Å². The van der Waals surface area contributed by atoms with Crippen LogP contribution in [0.4, 0.5) is 4.79 Å². The van der Waals surface area contributed by atoms with Crippen LogP contribution in [0.3, 0.4) is 0 Å². The second-order valence-electron chi connectivity index (χ2n) is 8.22. The number of hydrogen-bond acceptors (Lipinski definition) is 4. The van der Waals surface area contributed by atoms with Crippen molar-refractivity contribution in [3.05, 3.63) is 0 Å². The lowest BCUT2D eigenvalue weighted by Crippen LogP contribution is -2.38. The SMILES string of the molecule is CCCCCCCCCCCCCCCCCCNC(=O)OC(C(C)OC)S(=O)O. The molecule has 0 aromatic carbocycles. The van der Waals surface area contributed by atoms with Crippen molar-refractivity contribution in [2.24, 2.45) is 0 Å². The normalized spacial score (nSPS) is 14.3. The van der Waals surface area contributed by atoms with E-state index in [2.05, 4.69) is 12.2 Å². The van der Waals surface area contributed by atoms with E-state index >= 15 is 0 Å². The third-order valence-electron chi connectivity index (χ3n) is 5.48. The second-order valence-corrected chi connectivity index (χ2v) is 9.24. The van der Waals surface area contributed by atoms with Gasteiger partial charge < -0.3 is 19.3 Å². The number of nitrogens with one attached hydrogen (secondary N) is 1. The van der Waals surface area contributed by atoms with E-state index in [9.17, 15) is 13.6 Å². The molecular formula is C23H47NO5S. The topological polar surface area (TPSA) is 84.9 Å². The van der Waals surface area contributed by atoms with Crippen molar-refractivity contribution in [3.63, 3.8) is 0 Å². The molecule has 7 heteroatoms. The van der Waals surface area contributed by atoms with Gasteiger partial charge in [0.1, 0.15) is 6.10 Å². The van der Waals surface area contributed by atoms with Crippen LogP contribution in [0.15, 0.2) is 0 Å². The highest BCUT2D eigenvalue weighted by atomic mass is 32.2. The standard InChI is InChI=1S/C23H47NO5S/c1-4-5-6-7-8-9-10-11-12-13-14-15-16-17-18-19-20-24-23(25)29-22(30(26)27)21(2)28-3/h21-22H,4-20H2,1-3H3,(H,24,25)(H,26,27). The van der Waals surface area contributed by atoms with E-state index in [1.54, 1.807) is 6.92 Å². The Kier molecular flexibility index (Phi) is 21.1. The van der Waals surface area contributed by atoms with Gasteiger partial charge in [0.25, 0.3) is 0 Å². The first kappa shape index (κ1) is 29.3. The molecule has 180 valence electrons. The van der Waals surface area contributed by atoms with Gasteiger partial charge >= 0.3 is 6.09 Å². The summed E-state index contributed by atoms with van der Waals surface area (Å²) >= 11 is -2.28. The number of rotatable bonds is 21. The number of amides is 1. The lowest BCUT2D eigenvalue weighted by atomic mass is 10.0. The molecule has 30 heavy (non-hydrogen) atoms. The van der Waals surface area contributed by atoms with Crippen molar-refractivity contribution >= 4 is 17.2 Å². The Morgan fingerprint density at radius 3 is 1.60 bits per heavy atom. The van der Waals surface area contributed by atoms with Crippen molar-refractivity contribution in [2.75, 3.05) is 13.7 Å². The van der Waals surface area contributed by atoms with E-state index < -0.39 is 28.7 Å². The van der Waals surface area contributed by atoms with Crippen LogP contribution in [-0.2, 0) is 20.6 Å². The zero-order chi connectivity index (χ0) is 22.5. The summed E-state index contributed by atoms with van der Waals surface area (Å²) in [6.07, 6.45) is 19.6. The smallest absolute Gasteiger partial charge is 0.408 e. The van der Waals surface area contributed by atoms with Crippen molar-refractivity contribution in [1.29, 1.82) is 0 Å². The largest absolute Gasteiger partial charge is 0.427 e. The van der Waals surface area contributed by atoms with E-state index in [4.69, 9.17) is 9.47 Å². The van der Waals surface area contributed by atoms with Gasteiger partial charge in [-0.2, -0.15) is 0 Å². The van der Waals surface area contributed by atoms with Crippen molar-refractivity contribution in [1.82, 2.24) is 5.32 Å². The van der Waals surface area contributed by atoms with Crippen molar-refractivity contribution in [3.8, 4) is 0 Å². The third-order valence-corrected chi connectivity index (χ3v) is 6.35. The Hall–Kier alpha value is -0.660. The predicted octanol–water partition coefficient (Wildman–Crippen LogP) is 6.56. The molecule has 3 atom stereocenters. The minimum Gasteiger partial charge on any atom is -0.427 e. The summed E-state index contributed by atoms with van der Waals surface area (Å²) in [6.45, 7) is 4.37. The van der Waals surface area contributed by atoms with E-state index in [-0.39, 0.29) is 0 Å². The monoisotopic (exact) mass is 449 g/mol. The minimum absolute atomic E-state index is 0.517. The van der Waals surface area contributed by atoms with E-state index in [0.29, 0.717) is 6.54 Å². The maximum Gasteiger partial charge on any atom is 0.408 e. The first-order chi connectivity index (χ1) is 14.5. The fourth-order valence-corrected chi connectivity index (χ4v) is 4.03. The molecule has 0 aliphatic heterocycles. The molecule has 0 saturated heterocycles. The molecule has 0 heterocycles. The van der Waals surface area contributed by atoms with Crippen molar-refractivity contribution < 1.29 is 23.0 Å². The number of carbonyl (C=O) groups is 1. The fraction of sp³-hybridized carbons (Fsp3) is 0.957. The van der Waals surface area contributed by atoms with Crippen LogP contribution in [0.5, 0.6) is 0 Å². The average Bonchev–Trinajstić information content (AvgIpc) is 2.73.